The maximum Gasteiger partial charge on any atom is 0.333 e. The molecule has 1 aliphatic rings. The summed E-state index contributed by atoms with van der Waals surface area (Å²) in [5.41, 5.74) is 0.658. The smallest absolute Gasteiger partial charge is 0.333 e. The highest BCUT2D eigenvalue weighted by Gasteiger charge is 2.40. The topological polar surface area (TPSA) is 61.8 Å². The van der Waals surface area contributed by atoms with Gasteiger partial charge >= 0.3 is 11.9 Å². The Morgan fingerprint density at radius 2 is 1.87 bits per heavy atom. The average Bonchev–Trinajstić information content (AvgIpc) is 2.89. The molecule has 0 radical (unpaired) electrons. The van der Waals surface area contributed by atoms with Crippen molar-refractivity contribution in [3.05, 3.63) is 11.6 Å². The predicted octanol–water partition coefficient (Wildman–Crippen LogP) is 3.94. The van der Waals surface area contributed by atoms with Crippen LogP contribution in [0.1, 0.15) is 53.9 Å². The lowest BCUT2D eigenvalue weighted by atomic mass is 10.0. The van der Waals surface area contributed by atoms with Crippen molar-refractivity contribution in [1.82, 2.24) is 0 Å². The summed E-state index contributed by atoms with van der Waals surface area (Å²) >= 11 is 0. The van der Waals surface area contributed by atoms with Gasteiger partial charge in [0.2, 0.25) is 6.29 Å². The van der Waals surface area contributed by atoms with Gasteiger partial charge in [-0.3, -0.25) is 4.79 Å². The SMILES string of the molecule is CCCCC(OC(C)=O)C1=CC(=O)OC1O[Si](CC)(CC)CC. The molecule has 6 heteroatoms. The number of hydrogen-bond acceptors (Lipinski definition) is 5. The molecule has 0 aromatic heterocycles. The monoisotopic (exact) mass is 342 g/mol. The van der Waals surface area contributed by atoms with E-state index in [1.807, 2.05) is 0 Å². The van der Waals surface area contributed by atoms with Crippen molar-refractivity contribution >= 4 is 20.3 Å². The van der Waals surface area contributed by atoms with E-state index in [-0.39, 0.29) is 5.97 Å². The van der Waals surface area contributed by atoms with Gasteiger partial charge in [0.05, 0.1) is 0 Å². The Hall–Kier alpha value is -1.14. The van der Waals surface area contributed by atoms with Gasteiger partial charge in [-0.15, -0.1) is 0 Å². The summed E-state index contributed by atoms with van der Waals surface area (Å²) in [7, 11) is -1.93. The van der Waals surface area contributed by atoms with E-state index in [0.717, 1.165) is 31.0 Å². The molecule has 0 fully saturated rings. The van der Waals surface area contributed by atoms with Crippen LogP contribution in [-0.4, -0.2) is 32.6 Å². The maximum absolute atomic E-state index is 11.8. The minimum atomic E-state index is -1.93. The number of carbonyl (C=O) groups is 2. The molecule has 0 aromatic carbocycles. The highest BCUT2D eigenvalue weighted by atomic mass is 28.4. The van der Waals surface area contributed by atoms with Crippen molar-refractivity contribution < 1.29 is 23.5 Å². The zero-order valence-corrected chi connectivity index (χ0v) is 16.0. The van der Waals surface area contributed by atoms with Crippen molar-refractivity contribution in [1.29, 1.82) is 0 Å². The zero-order valence-electron chi connectivity index (χ0n) is 15.0. The lowest BCUT2D eigenvalue weighted by molar-refractivity contribution is -0.152. The Balaban J connectivity index is 2.96. The first-order valence-electron chi connectivity index (χ1n) is 8.68. The minimum Gasteiger partial charge on any atom is -0.458 e. The highest BCUT2D eigenvalue weighted by Crippen LogP contribution is 2.32. The molecule has 132 valence electrons. The average molecular weight is 343 g/mol. The molecule has 2 atom stereocenters. The van der Waals surface area contributed by atoms with Crippen LogP contribution in [-0.2, 0) is 23.5 Å². The van der Waals surface area contributed by atoms with E-state index >= 15 is 0 Å². The molecule has 0 aromatic rings. The summed E-state index contributed by atoms with van der Waals surface area (Å²) in [6.45, 7) is 9.84. The molecule has 1 rings (SSSR count). The molecule has 1 aliphatic heterocycles. The second-order valence-electron chi connectivity index (χ2n) is 6.01. The van der Waals surface area contributed by atoms with Gasteiger partial charge in [-0.2, -0.15) is 0 Å². The third kappa shape index (κ3) is 5.46. The lowest BCUT2D eigenvalue weighted by Crippen LogP contribution is -2.42. The number of cyclic esters (lactones) is 1. The molecular formula is C17H30O5Si. The molecule has 0 N–H and O–H groups in total. The molecule has 0 aliphatic carbocycles. The van der Waals surface area contributed by atoms with Crippen LogP contribution in [0.2, 0.25) is 18.1 Å². The van der Waals surface area contributed by atoms with Crippen LogP contribution in [0.3, 0.4) is 0 Å². The zero-order chi connectivity index (χ0) is 17.5. The molecule has 0 bridgehead atoms. The normalized spacial score (nSPS) is 19.3. The van der Waals surface area contributed by atoms with Crippen LogP contribution in [0.5, 0.6) is 0 Å². The Morgan fingerprint density at radius 1 is 1.26 bits per heavy atom. The fourth-order valence-corrected chi connectivity index (χ4v) is 5.50. The van der Waals surface area contributed by atoms with Gasteiger partial charge in [0.1, 0.15) is 6.10 Å². The second-order valence-corrected chi connectivity index (χ2v) is 10.7. The number of hydrogen-bond donors (Lipinski definition) is 0. The number of carbonyl (C=O) groups excluding carboxylic acids is 2. The van der Waals surface area contributed by atoms with Gasteiger partial charge in [0.25, 0.3) is 0 Å². The van der Waals surface area contributed by atoms with Crippen molar-refractivity contribution in [2.75, 3.05) is 0 Å². The fourth-order valence-electron chi connectivity index (χ4n) is 2.86. The molecule has 0 saturated heterocycles. The van der Waals surface area contributed by atoms with Crippen molar-refractivity contribution in [2.45, 2.75) is 84.4 Å². The van der Waals surface area contributed by atoms with E-state index in [0.29, 0.717) is 12.0 Å². The molecule has 0 saturated carbocycles. The van der Waals surface area contributed by atoms with E-state index < -0.39 is 26.7 Å². The number of rotatable bonds is 10. The van der Waals surface area contributed by atoms with Gasteiger partial charge in [0.15, 0.2) is 8.32 Å². The van der Waals surface area contributed by atoms with Crippen molar-refractivity contribution in [3.8, 4) is 0 Å². The Kier molecular flexibility index (Phi) is 7.98. The van der Waals surface area contributed by atoms with Crippen LogP contribution in [0.4, 0.5) is 0 Å². The summed E-state index contributed by atoms with van der Waals surface area (Å²) in [6.07, 6.45) is 2.87. The number of ether oxygens (including phenoxy) is 2. The third-order valence-electron chi connectivity index (χ3n) is 4.57. The summed E-state index contributed by atoms with van der Waals surface area (Å²) in [5.74, 6) is -0.764. The Bertz CT molecular complexity index is 434. The first kappa shape index (κ1) is 19.9. The summed E-state index contributed by atoms with van der Waals surface area (Å²) in [5, 5.41) is 0. The van der Waals surface area contributed by atoms with Crippen LogP contribution >= 0.6 is 0 Å². The van der Waals surface area contributed by atoms with E-state index in [1.54, 1.807) is 0 Å². The molecule has 1 heterocycles. The number of unbranched alkanes of at least 4 members (excludes halogenated alkanes) is 1. The van der Waals surface area contributed by atoms with E-state index in [1.165, 1.54) is 13.0 Å². The van der Waals surface area contributed by atoms with Gasteiger partial charge in [-0.25, -0.2) is 4.79 Å². The minimum absolute atomic E-state index is 0.352. The third-order valence-corrected chi connectivity index (χ3v) is 9.15. The van der Waals surface area contributed by atoms with E-state index in [2.05, 4.69) is 27.7 Å². The quantitative estimate of drug-likeness (QED) is 0.444. The predicted molar refractivity (Wildman–Crippen MR) is 91.3 cm³/mol. The largest absolute Gasteiger partial charge is 0.458 e. The number of esters is 2. The van der Waals surface area contributed by atoms with E-state index in [9.17, 15) is 9.59 Å². The van der Waals surface area contributed by atoms with Crippen LogP contribution in [0.25, 0.3) is 0 Å². The Labute approximate surface area is 140 Å². The molecule has 0 amide bonds. The van der Waals surface area contributed by atoms with Crippen molar-refractivity contribution in [3.63, 3.8) is 0 Å². The van der Waals surface area contributed by atoms with Crippen LogP contribution < -0.4 is 0 Å². The first-order valence-corrected chi connectivity index (χ1v) is 11.2. The van der Waals surface area contributed by atoms with Gasteiger partial charge in [-0.05, 0) is 31.0 Å². The summed E-state index contributed by atoms with van der Waals surface area (Å²) in [6, 6.07) is 2.90. The van der Waals surface area contributed by atoms with Crippen LogP contribution in [0, 0.1) is 0 Å². The van der Waals surface area contributed by atoms with Crippen LogP contribution in [0.15, 0.2) is 11.6 Å². The highest BCUT2D eigenvalue weighted by molar-refractivity contribution is 6.73. The summed E-state index contributed by atoms with van der Waals surface area (Å²) < 4.78 is 17.1. The first-order chi connectivity index (χ1) is 10.9. The molecule has 2 unspecified atom stereocenters. The molecule has 5 nitrogen and oxygen atoms in total. The van der Waals surface area contributed by atoms with Gasteiger partial charge < -0.3 is 13.9 Å². The summed E-state index contributed by atoms with van der Waals surface area (Å²) in [4.78, 5) is 23.2. The van der Waals surface area contributed by atoms with Crippen molar-refractivity contribution in [2.24, 2.45) is 0 Å². The fraction of sp³-hybridized carbons (Fsp3) is 0.765. The second kappa shape index (κ2) is 9.23. The standard InChI is InChI=1S/C17H30O5Si/c1-6-10-11-15(20-13(5)18)14-12-16(19)21-17(14)22-23(7-2,8-3)9-4/h12,15,17H,6-11H2,1-5H3. The molecular weight excluding hydrogens is 312 g/mol. The van der Waals surface area contributed by atoms with E-state index in [4.69, 9.17) is 13.9 Å². The molecule has 23 heavy (non-hydrogen) atoms. The maximum atomic E-state index is 11.8. The lowest BCUT2D eigenvalue weighted by Gasteiger charge is -2.33. The molecule has 0 spiro atoms. The van der Waals surface area contributed by atoms with Gasteiger partial charge in [0, 0.05) is 18.6 Å². The van der Waals surface area contributed by atoms with Gasteiger partial charge in [-0.1, -0.05) is 34.1 Å². The Morgan fingerprint density at radius 3 is 2.35 bits per heavy atom.